The molecule has 8 nitrogen and oxygen atoms in total. The summed E-state index contributed by atoms with van der Waals surface area (Å²) in [6.45, 7) is 2.81. The van der Waals surface area contributed by atoms with Gasteiger partial charge in [-0.05, 0) is 92.3 Å². The number of nitrogens with zero attached hydrogens (tertiary/aromatic N) is 2. The van der Waals surface area contributed by atoms with Gasteiger partial charge in [0.05, 0.1) is 25.7 Å². The van der Waals surface area contributed by atoms with Crippen molar-refractivity contribution < 1.29 is 23.1 Å². The Morgan fingerprint density at radius 1 is 0.932 bits per heavy atom. The Balaban J connectivity index is 1.18. The van der Waals surface area contributed by atoms with Gasteiger partial charge in [-0.1, -0.05) is 54.1 Å². The average Bonchev–Trinajstić information content (AvgIpc) is 3.01. The zero-order valence-corrected chi connectivity index (χ0v) is 28.7. The van der Waals surface area contributed by atoms with Crippen LogP contribution in [0.15, 0.2) is 41.3 Å². The number of carboxylic acids is 1. The van der Waals surface area contributed by atoms with E-state index in [2.05, 4.69) is 10.2 Å². The SMILES string of the molecule is CSCCC(NC(=O)c1ccc(N2CCC(CCCC3CCN(S(=O)(=O)c4ccc(Cl)c(Cl)c4)CC3)CC2)c(Cl)c1)C(=O)O. The summed E-state index contributed by atoms with van der Waals surface area (Å²) in [4.78, 5) is 26.6. The lowest BCUT2D eigenvalue weighted by atomic mass is 9.87. The van der Waals surface area contributed by atoms with Gasteiger partial charge in [0.25, 0.3) is 5.91 Å². The van der Waals surface area contributed by atoms with E-state index in [-0.39, 0.29) is 9.92 Å². The fourth-order valence-corrected chi connectivity index (χ4v) is 8.65. The smallest absolute Gasteiger partial charge is 0.326 e. The van der Waals surface area contributed by atoms with Gasteiger partial charge in [0, 0.05) is 31.7 Å². The number of anilines is 1. The first-order valence-corrected chi connectivity index (χ1v) is 19.0. The standard InChI is InChI=1S/C31H40Cl3N3O5S2/c1-43-18-13-28(31(39)40)35-30(38)23-5-8-29(27(34)19-23)36-14-9-21(10-15-36)3-2-4-22-11-16-37(17-12-22)44(41,42)24-6-7-25(32)26(33)20-24/h5-8,19-22,28H,2-4,9-18H2,1H3,(H,35,38)(H,39,40). The van der Waals surface area contributed by atoms with Crippen molar-refractivity contribution in [2.24, 2.45) is 11.8 Å². The molecule has 4 rings (SSSR count). The number of aliphatic carboxylic acids is 1. The molecular formula is C31H40Cl3N3O5S2. The first kappa shape index (κ1) is 35.2. The third-order valence-corrected chi connectivity index (χ3v) is 12.3. The zero-order chi connectivity index (χ0) is 31.9. The van der Waals surface area contributed by atoms with Gasteiger partial charge in [-0.3, -0.25) is 4.79 Å². The summed E-state index contributed by atoms with van der Waals surface area (Å²) in [5, 5.41) is 13.1. The summed E-state index contributed by atoms with van der Waals surface area (Å²) in [7, 11) is -3.58. The van der Waals surface area contributed by atoms with Crippen LogP contribution in [0, 0.1) is 11.8 Å². The van der Waals surface area contributed by atoms with Crippen LogP contribution in [-0.4, -0.2) is 73.9 Å². The van der Waals surface area contributed by atoms with Crippen molar-refractivity contribution in [3.05, 3.63) is 57.0 Å². The molecule has 2 aliphatic heterocycles. The molecule has 2 aliphatic rings. The Bertz CT molecular complexity index is 1410. The second kappa shape index (κ2) is 16.2. The summed E-state index contributed by atoms with van der Waals surface area (Å²) in [5.41, 5.74) is 1.24. The minimum Gasteiger partial charge on any atom is -0.480 e. The molecule has 2 heterocycles. The first-order valence-electron chi connectivity index (χ1n) is 15.0. The third-order valence-electron chi connectivity index (χ3n) is 8.71. The number of carbonyl (C=O) groups is 2. The quantitative estimate of drug-likeness (QED) is 0.230. The molecule has 2 fully saturated rings. The molecule has 0 aromatic heterocycles. The highest BCUT2D eigenvalue weighted by Crippen LogP contribution is 2.34. The van der Waals surface area contributed by atoms with Crippen LogP contribution in [0.25, 0.3) is 0 Å². The van der Waals surface area contributed by atoms with E-state index >= 15 is 0 Å². The van der Waals surface area contributed by atoms with Crippen molar-refractivity contribution in [3.63, 3.8) is 0 Å². The molecule has 0 spiro atoms. The molecule has 1 atom stereocenters. The fourth-order valence-electron chi connectivity index (χ4n) is 6.02. The molecule has 44 heavy (non-hydrogen) atoms. The van der Waals surface area contributed by atoms with Gasteiger partial charge in [-0.15, -0.1) is 0 Å². The van der Waals surface area contributed by atoms with Crippen molar-refractivity contribution in [1.29, 1.82) is 0 Å². The van der Waals surface area contributed by atoms with Gasteiger partial charge in [0.2, 0.25) is 10.0 Å². The van der Waals surface area contributed by atoms with E-state index in [0.29, 0.717) is 52.7 Å². The van der Waals surface area contributed by atoms with Crippen LogP contribution in [-0.2, 0) is 14.8 Å². The monoisotopic (exact) mass is 703 g/mol. The largest absolute Gasteiger partial charge is 0.480 e. The van der Waals surface area contributed by atoms with E-state index in [1.807, 2.05) is 12.3 Å². The number of carboxylic acid groups (broad SMARTS) is 1. The number of nitrogens with one attached hydrogen (secondary N) is 1. The lowest BCUT2D eigenvalue weighted by Crippen LogP contribution is -2.41. The predicted octanol–water partition coefficient (Wildman–Crippen LogP) is 7.07. The summed E-state index contributed by atoms with van der Waals surface area (Å²) < 4.78 is 27.6. The van der Waals surface area contributed by atoms with Crippen LogP contribution in [0.3, 0.4) is 0 Å². The Labute approximate surface area is 279 Å². The molecule has 1 unspecified atom stereocenters. The normalized spacial score (nSPS) is 17.9. The van der Waals surface area contributed by atoms with Crippen molar-refractivity contribution in [2.45, 2.75) is 62.3 Å². The van der Waals surface area contributed by atoms with E-state index in [1.54, 1.807) is 16.4 Å². The van der Waals surface area contributed by atoms with E-state index < -0.39 is 27.9 Å². The number of thioether (sulfide) groups is 1. The van der Waals surface area contributed by atoms with Crippen LogP contribution in [0.2, 0.25) is 15.1 Å². The van der Waals surface area contributed by atoms with Gasteiger partial charge in [0.15, 0.2) is 0 Å². The highest BCUT2D eigenvalue weighted by Gasteiger charge is 2.30. The van der Waals surface area contributed by atoms with Crippen LogP contribution < -0.4 is 10.2 Å². The molecule has 2 saturated heterocycles. The first-order chi connectivity index (χ1) is 21.0. The Kier molecular flexibility index (Phi) is 13.0. The van der Waals surface area contributed by atoms with E-state index in [0.717, 1.165) is 63.7 Å². The molecule has 0 aliphatic carbocycles. The van der Waals surface area contributed by atoms with Crippen LogP contribution in [0.1, 0.15) is 61.7 Å². The second-order valence-corrected chi connectivity index (χ2v) is 15.7. The highest BCUT2D eigenvalue weighted by molar-refractivity contribution is 7.98. The van der Waals surface area contributed by atoms with Crippen molar-refractivity contribution >= 4 is 74.2 Å². The summed E-state index contributed by atoms with van der Waals surface area (Å²) in [5.74, 6) is 0.320. The van der Waals surface area contributed by atoms with Crippen molar-refractivity contribution in [1.82, 2.24) is 9.62 Å². The van der Waals surface area contributed by atoms with Gasteiger partial charge < -0.3 is 15.3 Å². The maximum atomic E-state index is 13.0. The number of benzene rings is 2. The lowest BCUT2D eigenvalue weighted by Gasteiger charge is -2.35. The summed E-state index contributed by atoms with van der Waals surface area (Å²) in [6, 6.07) is 8.69. The summed E-state index contributed by atoms with van der Waals surface area (Å²) >= 11 is 20.1. The topological polar surface area (TPSA) is 107 Å². The summed E-state index contributed by atoms with van der Waals surface area (Å²) in [6.07, 6.45) is 9.50. The Morgan fingerprint density at radius 3 is 2.14 bits per heavy atom. The minimum atomic E-state index is -3.58. The van der Waals surface area contributed by atoms with Gasteiger partial charge in [-0.25, -0.2) is 13.2 Å². The van der Waals surface area contributed by atoms with E-state index in [4.69, 9.17) is 34.8 Å². The molecule has 2 aromatic carbocycles. The zero-order valence-electron chi connectivity index (χ0n) is 24.8. The molecule has 0 radical (unpaired) electrons. The predicted molar refractivity (Wildman–Crippen MR) is 180 cm³/mol. The molecule has 13 heteroatoms. The number of sulfonamides is 1. The average molecular weight is 705 g/mol. The number of hydrogen-bond donors (Lipinski definition) is 2. The third kappa shape index (κ3) is 9.19. The Hall–Kier alpha value is -1.69. The molecule has 0 bridgehead atoms. The van der Waals surface area contributed by atoms with Gasteiger partial charge in [-0.2, -0.15) is 16.1 Å². The number of carbonyl (C=O) groups excluding carboxylic acids is 1. The van der Waals surface area contributed by atoms with Crippen LogP contribution in [0.4, 0.5) is 5.69 Å². The molecular weight excluding hydrogens is 665 g/mol. The number of amides is 1. The maximum Gasteiger partial charge on any atom is 0.326 e. The minimum absolute atomic E-state index is 0.186. The molecule has 242 valence electrons. The maximum absolute atomic E-state index is 13.0. The molecule has 2 N–H and O–H groups in total. The number of hydrogen-bond acceptors (Lipinski definition) is 6. The second-order valence-electron chi connectivity index (χ2n) is 11.6. The van der Waals surface area contributed by atoms with Crippen molar-refractivity contribution in [2.75, 3.05) is 43.1 Å². The fraction of sp³-hybridized carbons (Fsp3) is 0.548. The number of rotatable bonds is 13. The molecule has 0 saturated carbocycles. The molecule has 2 aromatic rings. The van der Waals surface area contributed by atoms with Crippen LogP contribution in [0.5, 0.6) is 0 Å². The highest BCUT2D eigenvalue weighted by atomic mass is 35.5. The number of piperidine rings is 2. The number of halogens is 3. The molecule has 1 amide bonds. The van der Waals surface area contributed by atoms with Gasteiger partial charge >= 0.3 is 5.97 Å². The lowest BCUT2D eigenvalue weighted by molar-refractivity contribution is -0.139. The van der Waals surface area contributed by atoms with Crippen molar-refractivity contribution in [3.8, 4) is 0 Å². The van der Waals surface area contributed by atoms with E-state index in [9.17, 15) is 23.1 Å². The van der Waals surface area contributed by atoms with E-state index in [1.165, 1.54) is 30.0 Å². The Morgan fingerprint density at radius 2 is 1.57 bits per heavy atom. The van der Waals surface area contributed by atoms with Crippen LogP contribution >= 0.6 is 46.6 Å². The van der Waals surface area contributed by atoms with Gasteiger partial charge in [0.1, 0.15) is 6.04 Å².